The van der Waals surface area contributed by atoms with E-state index < -0.39 is 17.7 Å². The summed E-state index contributed by atoms with van der Waals surface area (Å²) in [5.41, 5.74) is 0.582. The second-order valence-electron chi connectivity index (χ2n) is 4.21. The zero-order valence-corrected chi connectivity index (χ0v) is 11.2. The van der Waals surface area contributed by atoms with E-state index in [1.54, 1.807) is 30.3 Å². The van der Waals surface area contributed by atoms with Gasteiger partial charge in [0.15, 0.2) is 0 Å². The van der Waals surface area contributed by atoms with Crippen LogP contribution in [0.4, 0.5) is 4.39 Å². The molecule has 2 aromatic rings. The molecular weight excluding hydrogens is 283 g/mol. The van der Waals surface area contributed by atoms with Crippen LogP contribution in [0.3, 0.4) is 0 Å². The molecule has 0 aliphatic rings. The Morgan fingerprint density at radius 3 is 2.55 bits per heavy atom. The Morgan fingerprint density at radius 2 is 1.95 bits per heavy atom. The molecule has 0 fully saturated rings. The maximum absolute atomic E-state index is 13.0. The summed E-state index contributed by atoms with van der Waals surface area (Å²) in [5, 5.41) is 9.77. The van der Waals surface area contributed by atoms with Gasteiger partial charge in [-0.3, -0.25) is 4.79 Å². The Kier molecular flexibility index (Phi) is 4.58. The lowest BCUT2D eigenvalue weighted by Gasteiger charge is -2.14. The lowest BCUT2D eigenvalue weighted by molar-refractivity contribution is -0.139. The van der Waals surface area contributed by atoms with E-state index in [-0.39, 0.29) is 6.61 Å². The molecule has 0 saturated heterocycles. The fraction of sp³-hybridized carbons (Fsp3) is 0.133. The molecule has 20 heavy (non-hydrogen) atoms. The van der Waals surface area contributed by atoms with Gasteiger partial charge >= 0.3 is 5.97 Å². The van der Waals surface area contributed by atoms with Crippen molar-refractivity contribution in [1.82, 2.24) is 0 Å². The van der Waals surface area contributed by atoms with Crippen LogP contribution >= 0.6 is 11.6 Å². The molecule has 0 bridgehead atoms. The van der Waals surface area contributed by atoms with Crippen molar-refractivity contribution in [1.29, 1.82) is 0 Å². The number of rotatable bonds is 5. The van der Waals surface area contributed by atoms with Crippen molar-refractivity contribution in [3.05, 3.63) is 64.9 Å². The molecule has 0 aromatic heterocycles. The molecule has 0 heterocycles. The lowest BCUT2D eigenvalue weighted by Crippen LogP contribution is -2.19. The summed E-state index contributed by atoms with van der Waals surface area (Å²) in [4.78, 5) is 11.3. The lowest BCUT2D eigenvalue weighted by atomic mass is 10.0. The number of ether oxygens (including phenoxy) is 1. The minimum absolute atomic E-state index is 0.0829. The van der Waals surface area contributed by atoms with Crippen LogP contribution in [-0.2, 0) is 4.79 Å². The minimum Gasteiger partial charge on any atom is -0.492 e. The average Bonchev–Trinajstić information content (AvgIpc) is 2.41. The molecule has 104 valence electrons. The van der Waals surface area contributed by atoms with Gasteiger partial charge in [-0.25, -0.2) is 4.39 Å². The van der Waals surface area contributed by atoms with Crippen LogP contribution in [0.5, 0.6) is 5.75 Å². The van der Waals surface area contributed by atoms with Gasteiger partial charge in [-0.2, -0.15) is 0 Å². The number of aliphatic carboxylic acids is 1. The van der Waals surface area contributed by atoms with Crippen molar-refractivity contribution >= 4 is 17.6 Å². The first kappa shape index (κ1) is 14.3. The third-order valence-electron chi connectivity index (χ3n) is 2.78. The SMILES string of the molecule is O=C(O)C(COc1cccc(F)c1)c1ccc(Cl)cc1. The molecule has 2 aromatic carbocycles. The molecule has 0 spiro atoms. The van der Waals surface area contributed by atoms with Crippen LogP contribution in [0.15, 0.2) is 48.5 Å². The van der Waals surface area contributed by atoms with Crippen molar-refractivity contribution in [3.63, 3.8) is 0 Å². The van der Waals surface area contributed by atoms with Crippen LogP contribution in [0.1, 0.15) is 11.5 Å². The fourth-order valence-corrected chi connectivity index (χ4v) is 1.87. The molecular formula is C15H12ClFO3. The molecule has 0 amide bonds. The summed E-state index contributed by atoms with van der Waals surface area (Å²) >= 11 is 5.77. The van der Waals surface area contributed by atoms with Crippen LogP contribution in [0.25, 0.3) is 0 Å². The maximum Gasteiger partial charge on any atom is 0.314 e. The van der Waals surface area contributed by atoms with Gasteiger partial charge in [0, 0.05) is 11.1 Å². The van der Waals surface area contributed by atoms with Gasteiger partial charge in [-0.15, -0.1) is 0 Å². The molecule has 3 nitrogen and oxygen atoms in total. The van der Waals surface area contributed by atoms with Crippen LogP contribution in [-0.4, -0.2) is 17.7 Å². The summed E-state index contributed by atoms with van der Waals surface area (Å²) in [5.74, 6) is -1.98. The van der Waals surface area contributed by atoms with Crippen molar-refractivity contribution in [2.24, 2.45) is 0 Å². The molecule has 0 radical (unpaired) electrons. The third-order valence-corrected chi connectivity index (χ3v) is 3.04. The second-order valence-corrected chi connectivity index (χ2v) is 4.65. The van der Waals surface area contributed by atoms with E-state index in [1.807, 2.05) is 0 Å². The van der Waals surface area contributed by atoms with Crippen molar-refractivity contribution < 1.29 is 19.0 Å². The second kappa shape index (κ2) is 6.39. The molecule has 0 aliphatic carbocycles. The summed E-state index contributed by atoms with van der Waals surface area (Å²) < 4.78 is 18.3. The van der Waals surface area contributed by atoms with Crippen LogP contribution < -0.4 is 4.74 Å². The summed E-state index contributed by atoms with van der Waals surface area (Å²) in [6, 6.07) is 12.1. The van der Waals surface area contributed by atoms with E-state index in [1.165, 1.54) is 18.2 Å². The predicted octanol–water partition coefficient (Wildman–Crippen LogP) is 3.73. The largest absolute Gasteiger partial charge is 0.492 e. The normalized spacial score (nSPS) is 11.9. The number of benzene rings is 2. The zero-order valence-electron chi connectivity index (χ0n) is 10.4. The van der Waals surface area contributed by atoms with Gasteiger partial charge in [0.25, 0.3) is 0 Å². The number of carboxylic acid groups (broad SMARTS) is 1. The van der Waals surface area contributed by atoms with E-state index in [9.17, 15) is 14.3 Å². The first-order valence-corrected chi connectivity index (χ1v) is 6.30. The van der Waals surface area contributed by atoms with Crippen LogP contribution in [0.2, 0.25) is 5.02 Å². The molecule has 2 rings (SSSR count). The number of carbonyl (C=O) groups is 1. The Labute approximate surface area is 120 Å². The highest BCUT2D eigenvalue weighted by atomic mass is 35.5. The predicted molar refractivity (Wildman–Crippen MR) is 73.7 cm³/mol. The first-order valence-electron chi connectivity index (χ1n) is 5.93. The molecule has 0 aliphatic heterocycles. The summed E-state index contributed by atoms with van der Waals surface area (Å²) in [6.45, 7) is -0.0829. The van der Waals surface area contributed by atoms with Gasteiger partial charge in [-0.1, -0.05) is 29.8 Å². The number of halogens is 2. The zero-order chi connectivity index (χ0) is 14.5. The average molecular weight is 295 g/mol. The highest BCUT2D eigenvalue weighted by Gasteiger charge is 2.20. The Balaban J connectivity index is 2.10. The van der Waals surface area contributed by atoms with Crippen LogP contribution in [0, 0.1) is 5.82 Å². The fourth-order valence-electron chi connectivity index (χ4n) is 1.74. The Morgan fingerprint density at radius 1 is 1.25 bits per heavy atom. The quantitative estimate of drug-likeness (QED) is 0.914. The minimum atomic E-state index is -1.01. The molecule has 5 heteroatoms. The third kappa shape index (κ3) is 3.71. The smallest absolute Gasteiger partial charge is 0.314 e. The molecule has 0 saturated carbocycles. The molecule has 1 atom stereocenters. The number of hydrogen-bond acceptors (Lipinski definition) is 2. The van der Waals surface area contributed by atoms with E-state index in [2.05, 4.69) is 0 Å². The van der Waals surface area contributed by atoms with Gasteiger partial charge in [0.1, 0.15) is 24.1 Å². The standard InChI is InChI=1S/C15H12ClFO3/c16-11-6-4-10(5-7-11)14(15(18)19)9-20-13-3-1-2-12(17)8-13/h1-8,14H,9H2,(H,18,19). The van der Waals surface area contributed by atoms with Crippen molar-refractivity contribution in [2.75, 3.05) is 6.61 Å². The van der Waals surface area contributed by atoms with E-state index >= 15 is 0 Å². The van der Waals surface area contributed by atoms with Gasteiger partial charge < -0.3 is 9.84 Å². The Hall–Kier alpha value is -2.07. The van der Waals surface area contributed by atoms with Crippen molar-refractivity contribution in [2.45, 2.75) is 5.92 Å². The van der Waals surface area contributed by atoms with E-state index in [0.29, 0.717) is 16.3 Å². The highest BCUT2D eigenvalue weighted by Crippen LogP contribution is 2.21. The van der Waals surface area contributed by atoms with E-state index in [0.717, 1.165) is 0 Å². The van der Waals surface area contributed by atoms with Gasteiger partial charge in [0.2, 0.25) is 0 Å². The van der Waals surface area contributed by atoms with Gasteiger partial charge in [0.05, 0.1) is 0 Å². The number of hydrogen-bond donors (Lipinski definition) is 1. The number of carboxylic acids is 1. The Bertz CT molecular complexity index is 598. The molecule has 1 unspecified atom stereocenters. The monoisotopic (exact) mass is 294 g/mol. The maximum atomic E-state index is 13.0. The summed E-state index contributed by atoms with van der Waals surface area (Å²) in [6.07, 6.45) is 0. The van der Waals surface area contributed by atoms with Crippen molar-refractivity contribution in [3.8, 4) is 5.75 Å². The van der Waals surface area contributed by atoms with Gasteiger partial charge in [-0.05, 0) is 29.8 Å². The highest BCUT2D eigenvalue weighted by molar-refractivity contribution is 6.30. The van der Waals surface area contributed by atoms with E-state index in [4.69, 9.17) is 16.3 Å². The topological polar surface area (TPSA) is 46.5 Å². The summed E-state index contributed by atoms with van der Waals surface area (Å²) in [7, 11) is 0. The first-order chi connectivity index (χ1) is 9.56. The molecule has 1 N–H and O–H groups in total.